The van der Waals surface area contributed by atoms with Gasteiger partial charge in [0, 0.05) is 0 Å². The Balaban J connectivity index is 2.20. The van der Waals surface area contributed by atoms with E-state index in [-0.39, 0.29) is 5.91 Å². The molecule has 1 amide bonds. The van der Waals surface area contributed by atoms with Crippen LogP contribution in [0.4, 0.5) is 5.69 Å². The molecule has 1 aromatic rings. The van der Waals surface area contributed by atoms with Crippen molar-refractivity contribution in [1.29, 1.82) is 0 Å². The zero-order valence-electron chi connectivity index (χ0n) is 14.9. The molecule has 1 saturated heterocycles. The fraction of sp³-hybridized carbons (Fsp3) is 0.588. The first-order valence-corrected chi connectivity index (χ1v) is 10.3. The van der Waals surface area contributed by atoms with Gasteiger partial charge < -0.3 is 9.80 Å². The third-order valence-electron chi connectivity index (χ3n) is 4.64. The van der Waals surface area contributed by atoms with Crippen LogP contribution in [0.3, 0.4) is 0 Å². The number of piperazine rings is 1. The summed E-state index contributed by atoms with van der Waals surface area (Å²) in [6.07, 6.45) is 1.15. The summed E-state index contributed by atoms with van der Waals surface area (Å²) in [6, 6.07) is 6.46. The van der Waals surface area contributed by atoms with E-state index < -0.39 is 16.1 Å². The SMILES string of the molecule is CC[NH+]1CCN(C(=O)[C@H](C)N(c2ccc(C)cc2)S(C)(=O)=O)CC1. The summed E-state index contributed by atoms with van der Waals surface area (Å²) in [4.78, 5) is 16.1. The van der Waals surface area contributed by atoms with E-state index in [0.29, 0.717) is 18.8 Å². The first-order valence-electron chi connectivity index (χ1n) is 8.42. The van der Waals surface area contributed by atoms with E-state index in [2.05, 4.69) is 6.92 Å². The van der Waals surface area contributed by atoms with Crippen LogP contribution in [-0.2, 0) is 14.8 Å². The Labute approximate surface area is 145 Å². The number of benzene rings is 1. The van der Waals surface area contributed by atoms with Crippen molar-refractivity contribution in [3.63, 3.8) is 0 Å². The number of nitrogens with zero attached hydrogens (tertiary/aromatic N) is 2. The third kappa shape index (κ3) is 4.27. The van der Waals surface area contributed by atoms with Gasteiger partial charge in [0.25, 0.3) is 0 Å². The molecule has 0 saturated carbocycles. The summed E-state index contributed by atoms with van der Waals surface area (Å²) >= 11 is 0. The average molecular weight is 354 g/mol. The summed E-state index contributed by atoms with van der Waals surface area (Å²) in [5, 5.41) is 0. The zero-order valence-corrected chi connectivity index (χ0v) is 15.8. The molecule has 0 radical (unpaired) electrons. The largest absolute Gasteiger partial charge is 0.332 e. The highest BCUT2D eigenvalue weighted by molar-refractivity contribution is 7.92. The normalized spacial score (nSPS) is 17.6. The molecule has 7 heteroatoms. The Morgan fingerprint density at radius 2 is 1.79 bits per heavy atom. The third-order valence-corrected chi connectivity index (χ3v) is 5.88. The van der Waals surface area contributed by atoms with Gasteiger partial charge in [0.1, 0.15) is 6.04 Å². The lowest BCUT2D eigenvalue weighted by atomic mass is 10.2. The maximum Gasteiger partial charge on any atom is 0.246 e. The fourth-order valence-electron chi connectivity index (χ4n) is 3.16. The maximum atomic E-state index is 12.8. The van der Waals surface area contributed by atoms with Crippen LogP contribution in [0, 0.1) is 6.92 Å². The lowest BCUT2D eigenvalue weighted by Gasteiger charge is -2.36. The predicted octanol–water partition coefficient (Wildman–Crippen LogP) is -0.103. The number of rotatable bonds is 5. The number of carbonyl (C=O) groups is 1. The van der Waals surface area contributed by atoms with Crippen molar-refractivity contribution in [3.8, 4) is 0 Å². The smallest absolute Gasteiger partial charge is 0.246 e. The molecule has 0 unspecified atom stereocenters. The van der Waals surface area contributed by atoms with E-state index in [1.54, 1.807) is 24.0 Å². The molecule has 0 aromatic heterocycles. The van der Waals surface area contributed by atoms with Crippen LogP contribution in [0.5, 0.6) is 0 Å². The number of carbonyl (C=O) groups excluding carboxylic acids is 1. The number of aryl methyl sites for hydroxylation is 1. The van der Waals surface area contributed by atoms with Crippen molar-refractivity contribution in [2.24, 2.45) is 0 Å². The summed E-state index contributed by atoms with van der Waals surface area (Å²) in [5.41, 5.74) is 1.58. The van der Waals surface area contributed by atoms with Crippen molar-refractivity contribution in [1.82, 2.24) is 4.90 Å². The molecule has 0 spiro atoms. The van der Waals surface area contributed by atoms with Crippen molar-refractivity contribution >= 4 is 21.6 Å². The molecular weight excluding hydrogens is 326 g/mol. The second-order valence-corrected chi connectivity index (χ2v) is 8.36. The molecule has 1 atom stereocenters. The van der Waals surface area contributed by atoms with Crippen LogP contribution in [0.2, 0.25) is 0 Å². The van der Waals surface area contributed by atoms with Crippen molar-refractivity contribution in [2.75, 3.05) is 43.3 Å². The first kappa shape index (κ1) is 18.7. The van der Waals surface area contributed by atoms with Crippen LogP contribution in [0.25, 0.3) is 0 Å². The molecule has 1 fully saturated rings. The molecule has 134 valence electrons. The summed E-state index contributed by atoms with van der Waals surface area (Å²) < 4.78 is 25.8. The highest BCUT2D eigenvalue weighted by Crippen LogP contribution is 2.22. The Bertz CT molecular complexity index is 665. The number of amides is 1. The Hall–Kier alpha value is -1.60. The van der Waals surface area contributed by atoms with Crippen LogP contribution in [-0.4, -0.2) is 64.2 Å². The first-order chi connectivity index (χ1) is 11.2. The standard InChI is InChI=1S/C17H27N3O3S/c1-5-18-10-12-19(13-11-18)17(21)15(3)20(24(4,22)23)16-8-6-14(2)7-9-16/h6-9,15H,5,10-13H2,1-4H3/p+1/t15-/m0/s1. The monoisotopic (exact) mass is 354 g/mol. The van der Waals surface area contributed by atoms with Gasteiger partial charge in [-0.1, -0.05) is 17.7 Å². The van der Waals surface area contributed by atoms with Crippen LogP contribution in [0.1, 0.15) is 19.4 Å². The molecule has 1 aliphatic heterocycles. The van der Waals surface area contributed by atoms with Gasteiger partial charge in [-0.15, -0.1) is 0 Å². The van der Waals surface area contributed by atoms with Gasteiger partial charge in [0.15, 0.2) is 0 Å². The number of nitrogens with one attached hydrogen (secondary N) is 1. The highest BCUT2D eigenvalue weighted by atomic mass is 32.2. The second kappa shape index (κ2) is 7.53. The number of sulfonamides is 1. The molecular formula is C17H28N3O3S+. The van der Waals surface area contributed by atoms with Crippen LogP contribution >= 0.6 is 0 Å². The Kier molecular flexibility index (Phi) is 5.87. The lowest BCUT2D eigenvalue weighted by molar-refractivity contribution is -0.902. The fourth-order valence-corrected chi connectivity index (χ4v) is 4.32. The van der Waals surface area contributed by atoms with Crippen LogP contribution in [0.15, 0.2) is 24.3 Å². The van der Waals surface area contributed by atoms with Crippen molar-refractivity contribution < 1.29 is 18.1 Å². The van der Waals surface area contributed by atoms with Crippen LogP contribution < -0.4 is 9.21 Å². The molecule has 2 rings (SSSR count). The number of quaternary nitrogens is 1. The van der Waals surface area contributed by atoms with Gasteiger partial charge in [-0.2, -0.15) is 0 Å². The molecule has 1 N–H and O–H groups in total. The van der Waals surface area contributed by atoms with E-state index in [0.717, 1.165) is 31.5 Å². The summed E-state index contributed by atoms with van der Waals surface area (Å²) in [7, 11) is -3.55. The maximum absolute atomic E-state index is 12.8. The minimum Gasteiger partial charge on any atom is -0.332 e. The average Bonchev–Trinajstić information content (AvgIpc) is 2.55. The molecule has 1 aliphatic rings. The van der Waals surface area contributed by atoms with E-state index >= 15 is 0 Å². The van der Waals surface area contributed by atoms with Gasteiger partial charge >= 0.3 is 0 Å². The topological polar surface area (TPSA) is 62.1 Å². The highest BCUT2D eigenvalue weighted by Gasteiger charge is 2.33. The minimum atomic E-state index is -3.55. The lowest BCUT2D eigenvalue weighted by Crippen LogP contribution is -3.14. The molecule has 1 aromatic carbocycles. The van der Waals surface area contributed by atoms with Gasteiger partial charge in [0.2, 0.25) is 15.9 Å². The second-order valence-electron chi connectivity index (χ2n) is 6.50. The number of anilines is 1. The predicted molar refractivity (Wildman–Crippen MR) is 95.8 cm³/mol. The molecule has 0 bridgehead atoms. The summed E-state index contributed by atoms with van der Waals surface area (Å²) in [6.45, 7) is 9.99. The van der Waals surface area contributed by atoms with Gasteiger partial charge in [-0.25, -0.2) is 8.42 Å². The number of hydrogen-bond acceptors (Lipinski definition) is 3. The number of likely N-dealkylation sites (N-methyl/N-ethyl adjacent to an activating group) is 1. The van der Waals surface area contributed by atoms with Crippen molar-refractivity contribution in [2.45, 2.75) is 26.8 Å². The van der Waals surface area contributed by atoms with E-state index in [1.807, 2.05) is 19.1 Å². The minimum absolute atomic E-state index is 0.129. The van der Waals surface area contributed by atoms with E-state index in [4.69, 9.17) is 0 Å². The van der Waals surface area contributed by atoms with Gasteiger partial charge in [-0.3, -0.25) is 9.10 Å². The Morgan fingerprint density at radius 1 is 1.25 bits per heavy atom. The number of hydrogen-bond donors (Lipinski definition) is 1. The molecule has 1 heterocycles. The van der Waals surface area contributed by atoms with E-state index in [1.165, 1.54) is 9.21 Å². The molecule has 6 nitrogen and oxygen atoms in total. The van der Waals surface area contributed by atoms with Gasteiger partial charge in [0.05, 0.1) is 44.7 Å². The zero-order chi connectivity index (χ0) is 17.9. The van der Waals surface area contributed by atoms with Gasteiger partial charge in [-0.05, 0) is 32.9 Å². The quantitative estimate of drug-likeness (QED) is 0.803. The summed E-state index contributed by atoms with van der Waals surface area (Å²) in [5.74, 6) is -0.129. The molecule has 0 aliphatic carbocycles. The van der Waals surface area contributed by atoms with Crippen molar-refractivity contribution in [3.05, 3.63) is 29.8 Å². The van der Waals surface area contributed by atoms with E-state index in [9.17, 15) is 13.2 Å². The molecule has 24 heavy (non-hydrogen) atoms. The Morgan fingerprint density at radius 3 is 2.25 bits per heavy atom.